The van der Waals surface area contributed by atoms with E-state index in [1.54, 1.807) is 0 Å². The average Bonchev–Trinajstić information content (AvgIpc) is 3.27. The van der Waals surface area contributed by atoms with E-state index in [0.29, 0.717) is 5.56 Å². The Bertz CT molecular complexity index is 946. The molecule has 0 aliphatic carbocycles. The second-order valence-corrected chi connectivity index (χ2v) is 8.02. The van der Waals surface area contributed by atoms with Crippen molar-refractivity contribution in [2.45, 2.75) is 25.0 Å². The predicted octanol–water partition coefficient (Wildman–Crippen LogP) is 2.95. The molecule has 0 unspecified atom stereocenters. The molecular weight excluding hydrogens is 364 g/mol. The van der Waals surface area contributed by atoms with Crippen LogP contribution in [0.5, 0.6) is 0 Å². The molecular formula is C23H26N4O2. The summed E-state index contributed by atoms with van der Waals surface area (Å²) >= 11 is 0. The zero-order valence-corrected chi connectivity index (χ0v) is 16.7. The van der Waals surface area contributed by atoms with Crippen LogP contribution in [0.1, 0.15) is 34.3 Å². The zero-order valence-electron chi connectivity index (χ0n) is 16.7. The molecule has 1 fully saturated rings. The summed E-state index contributed by atoms with van der Waals surface area (Å²) in [5.74, 6) is 0.870. The number of carbonyl (C=O) groups is 1. The molecule has 0 atom stereocenters. The number of nitrogens with zero attached hydrogens (tertiary/aromatic N) is 3. The molecule has 29 heavy (non-hydrogen) atoms. The lowest BCUT2D eigenvalue weighted by atomic mass is 9.90. The Kier molecular flexibility index (Phi) is 4.51. The molecule has 0 amide bonds. The normalized spacial score (nSPS) is 19.9. The highest BCUT2D eigenvalue weighted by Gasteiger charge is 2.46. The van der Waals surface area contributed by atoms with Crippen molar-refractivity contribution in [1.82, 2.24) is 9.80 Å². The fourth-order valence-corrected chi connectivity index (χ4v) is 4.80. The van der Waals surface area contributed by atoms with Gasteiger partial charge < -0.3 is 15.0 Å². The van der Waals surface area contributed by atoms with Crippen LogP contribution >= 0.6 is 0 Å². The maximum Gasteiger partial charge on any atom is 0.337 e. The van der Waals surface area contributed by atoms with Gasteiger partial charge in [0.25, 0.3) is 0 Å². The molecule has 6 heteroatoms. The summed E-state index contributed by atoms with van der Waals surface area (Å²) in [4.78, 5) is 21.4. The van der Waals surface area contributed by atoms with E-state index < -0.39 is 0 Å². The summed E-state index contributed by atoms with van der Waals surface area (Å²) in [5.41, 5.74) is 4.22. The maximum absolute atomic E-state index is 11.6. The van der Waals surface area contributed by atoms with E-state index in [1.807, 2.05) is 24.3 Å². The molecule has 0 aromatic heterocycles. The van der Waals surface area contributed by atoms with Crippen molar-refractivity contribution < 1.29 is 9.53 Å². The Morgan fingerprint density at radius 1 is 1.10 bits per heavy atom. The van der Waals surface area contributed by atoms with Crippen LogP contribution in [0.2, 0.25) is 0 Å². The van der Waals surface area contributed by atoms with E-state index in [9.17, 15) is 4.79 Å². The average molecular weight is 390 g/mol. The van der Waals surface area contributed by atoms with Gasteiger partial charge in [0, 0.05) is 50.3 Å². The van der Waals surface area contributed by atoms with Gasteiger partial charge in [-0.05, 0) is 29.8 Å². The summed E-state index contributed by atoms with van der Waals surface area (Å²) in [6.07, 6.45) is 2.11. The number of ether oxygens (including phenoxy) is 1. The van der Waals surface area contributed by atoms with E-state index in [4.69, 9.17) is 9.73 Å². The highest BCUT2D eigenvalue weighted by atomic mass is 16.5. The largest absolute Gasteiger partial charge is 0.465 e. The number of carbonyl (C=O) groups excluding carboxylic acids is 1. The first kappa shape index (κ1) is 18.2. The van der Waals surface area contributed by atoms with Crippen molar-refractivity contribution in [2.24, 2.45) is 4.99 Å². The molecule has 5 rings (SSSR count). The first-order valence-electron chi connectivity index (χ1n) is 10.3. The smallest absolute Gasteiger partial charge is 0.337 e. The molecule has 3 aliphatic rings. The second kappa shape index (κ2) is 7.19. The van der Waals surface area contributed by atoms with E-state index >= 15 is 0 Å². The number of amidine groups is 1. The van der Waals surface area contributed by atoms with Gasteiger partial charge in [0.05, 0.1) is 19.2 Å². The molecule has 3 aliphatic heterocycles. The molecule has 150 valence electrons. The lowest BCUT2D eigenvalue weighted by Crippen LogP contribution is -2.63. The molecule has 3 heterocycles. The van der Waals surface area contributed by atoms with Crippen molar-refractivity contribution in [3.63, 3.8) is 0 Å². The minimum absolute atomic E-state index is 0.0328. The number of hydrogen-bond donors (Lipinski definition) is 1. The van der Waals surface area contributed by atoms with Crippen LogP contribution < -0.4 is 5.32 Å². The van der Waals surface area contributed by atoms with Crippen LogP contribution in [0.3, 0.4) is 0 Å². The van der Waals surface area contributed by atoms with Gasteiger partial charge in [-0.2, -0.15) is 0 Å². The Balaban J connectivity index is 1.28. The monoisotopic (exact) mass is 390 g/mol. The maximum atomic E-state index is 11.6. The minimum atomic E-state index is -0.289. The topological polar surface area (TPSA) is 57.2 Å². The number of fused-ring (bicyclic) bond motifs is 4. The number of hydrogen-bond acceptors (Lipinski definition) is 6. The number of nitrogens with one attached hydrogen (secondary N) is 1. The third kappa shape index (κ3) is 3.17. The summed E-state index contributed by atoms with van der Waals surface area (Å²) in [6, 6.07) is 16.3. The highest BCUT2D eigenvalue weighted by molar-refractivity contribution is 6.06. The summed E-state index contributed by atoms with van der Waals surface area (Å²) in [7, 11) is 1.41. The van der Waals surface area contributed by atoms with Gasteiger partial charge in [0.1, 0.15) is 11.5 Å². The third-order valence-electron chi connectivity index (χ3n) is 6.36. The van der Waals surface area contributed by atoms with E-state index in [2.05, 4.69) is 39.4 Å². The summed E-state index contributed by atoms with van der Waals surface area (Å²) in [6.45, 7) is 4.82. The molecule has 2 aromatic rings. The number of piperidine rings is 1. The Morgan fingerprint density at radius 3 is 2.62 bits per heavy atom. The van der Waals surface area contributed by atoms with Crippen LogP contribution in [0.15, 0.2) is 53.5 Å². The van der Waals surface area contributed by atoms with Crippen LogP contribution in [-0.2, 0) is 11.3 Å². The fraction of sp³-hybridized carbons (Fsp3) is 0.391. The quantitative estimate of drug-likeness (QED) is 0.817. The SMILES string of the molecule is COC(=O)c1ccc(CN2CCC3(CC2)Nc2ccccc2C2=NCCN23)cc1. The van der Waals surface area contributed by atoms with Gasteiger partial charge in [-0.15, -0.1) is 0 Å². The number of esters is 1. The van der Waals surface area contributed by atoms with Crippen LogP contribution in [-0.4, -0.2) is 60.6 Å². The third-order valence-corrected chi connectivity index (χ3v) is 6.36. The minimum Gasteiger partial charge on any atom is -0.465 e. The molecule has 0 saturated carbocycles. The Hall–Kier alpha value is -2.86. The number of rotatable bonds is 3. The standard InChI is InChI=1S/C23H26N4O2/c1-29-22(28)18-8-6-17(7-9-18)16-26-13-10-23(11-14-26)25-20-5-3-2-4-19(20)21-24-12-15-27(21)23/h2-9,25H,10-16H2,1H3. The summed E-state index contributed by atoms with van der Waals surface area (Å²) in [5, 5.41) is 3.86. The van der Waals surface area contributed by atoms with Crippen molar-refractivity contribution in [3.8, 4) is 0 Å². The van der Waals surface area contributed by atoms with Crippen molar-refractivity contribution >= 4 is 17.5 Å². The van der Waals surface area contributed by atoms with Gasteiger partial charge in [0.15, 0.2) is 0 Å². The van der Waals surface area contributed by atoms with E-state index in [1.165, 1.54) is 23.9 Å². The first-order valence-corrected chi connectivity index (χ1v) is 10.3. The van der Waals surface area contributed by atoms with Crippen molar-refractivity contribution in [3.05, 3.63) is 65.2 Å². The Morgan fingerprint density at radius 2 is 1.86 bits per heavy atom. The number of para-hydroxylation sites is 1. The lowest BCUT2D eigenvalue weighted by Gasteiger charge is -2.52. The number of methoxy groups -OCH3 is 1. The van der Waals surface area contributed by atoms with Gasteiger partial charge in [-0.3, -0.25) is 9.89 Å². The Labute approximate surface area is 171 Å². The van der Waals surface area contributed by atoms with Gasteiger partial charge in [-0.25, -0.2) is 4.79 Å². The predicted molar refractivity (Wildman–Crippen MR) is 113 cm³/mol. The number of benzene rings is 2. The molecule has 2 aromatic carbocycles. The second-order valence-electron chi connectivity index (χ2n) is 8.02. The molecule has 1 spiro atoms. The van der Waals surface area contributed by atoms with E-state index in [-0.39, 0.29) is 11.6 Å². The fourth-order valence-electron chi connectivity index (χ4n) is 4.80. The van der Waals surface area contributed by atoms with Crippen molar-refractivity contribution in [2.75, 3.05) is 38.6 Å². The van der Waals surface area contributed by atoms with Gasteiger partial charge in [-0.1, -0.05) is 24.3 Å². The van der Waals surface area contributed by atoms with Crippen LogP contribution in [0.25, 0.3) is 0 Å². The summed E-state index contributed by atoms with van der Waals surface area (Å²) < 4.78 is 4.78. The number of anilines is 1. The molecule has 0 radical (unpaired) electrons. The molecule has 1 N–H and O–H groups in total. The molecule has 6 nitrogen and oxygen atoms in total. The number of likely N-dealkylation sites (tertiary alicyclic amines) is 1. The molecule has 0 bridgehead atoms. The number of aliphatic imine (C=N–C) groups is 1. The van der Waals surface area contributed by atoms with Crippen molar-refractivity contribution in [1.29, 1.82) is 0 Å². The molecule has 1 saturated heterocycles. The first-order chi connectivity index (χ1) is 14.2. The van der Waals surface area contributed by atoms with Gasteiger partial charge >= 0.3 is 5.97 Å². The highest BCUT2D eigenvalue weighted by Crippen LogP contribution is 2.39. The van der Waals surface area contributed by atoms with Crippen LogP contribution in [0.4, 0.5) is 5.69 Å². The lowest BCUT2D eigenvalue weighted by molar-refractivity contribution is 0.0600. The zero-order chi connectivity index (χ0) is 19.8. The van der Waals surface area contributed by atoms with Crippen LogP contribution in [0, 0.1) is 0 Å². The van der Waals surface area contributed by atoms with Gasteiger partial charge in [0.2, 0.25) is 0 Å². The van der Waals surface area contributed by atoms with E-state index in [0.717, 1.165) is 51.4 Å².